The van der Waals surface area contributed by atoms with Gasteiger partial charge in [-0.3, -0.25) is 0 Å². The highest BCUT2D eigenvalue weighted by atomic mass is 15.1. The number of hydrogen-bond acceptors (Lipinski definition) is 2. The van der Waals surface area contributed by atoms with Gasteiger partial charge in [0.15, 0.2) is 0 Å². The first-order valence-electron chi connectivity index (χ1n) is 7.57. The highest BCUT2D eigenvalue weighted by molar-refractivity contribution is 5.58. The molecule has 0 radical (unpaired) electrons. The zero-order valence-corrected chi connectivity index (χ0v) is 13.1. The van der Waals surface area contributed by atoms with E-state index in [1.807, 2.05) is 20.2 Å². The quantitative estimate of drug-likeness (QED) is 0.884. The number of nitrogens with two attached hydrogens (primary N) is 1. The lowest BCUT2D eigenvalue weighted by atomic mass is 10.1. The van der Waals surface area contributed by atoms with Gasteiger partial charge in [-0.2, -0.15) is 0 Å². The molecular formula is C17H29N3. The molecule has 20 heavy (non-hydrogen) atoms. The minimum Gasteiger partial charge on any atom is -0.333 e. The minimum atomic E-state index is 0. The van der Waals surface area contributed by atoms with E-state index in [2.05, 4.69) is 53.9 Å². The molecule has 1 heterocycles. The van der Waals surface area contributed by atoms with Gasteiger partial charge in [0.1, 0.15) is 0 Å². The Balaban J connectivity index is 0.00000128. The molecule has 1 atom stereocenters. The maximum absolute atomic E-state index is 5.66. The van der Waals surface area contributed by atoms with Crippen molar-refractivity contribution < 1.29 is 1.43 Å². The zero-order valence-electron chi connectivity index (χ0n) is 13.1. The van der Waals surface area contributed by atoms with Crippen LogP contribution >= 0.6 is 0 Å². The van der Waals surface area contributed by atoms with E-state index in [-0.39, 0.29) is 1.43 Å². The second-order valence-corrected chi connectivity index (χ2v) is 4.74. The van der Waals surface area contributed by atoms with Gasteiger partial charge in [-0.25, -0.2) is 4.98 Å². The molecule has 0 saturated heterocycles. The molecule has 3 heteroatoms. The third-order valence-corrected chi connectivity index (χ3v) is 3.24. The van der Waals surface area contributed by atoms with Crippen molar-refractivity contribution in [1.82, 2.24) is 9.55 Å². The first-order chi connectivity index (χ1) is 9.74. The number of aryl methyl sites for hydroxylation is 1. The summed E-state index contributed by atoms with van der Waals surface area (Å²) >= 11 is 0. The molecule has 112 valence electrons. The molecule has 0 aliphatic heterocycles. The summed E-state index contributed by atoms with van der Waals surface area (Å²) in [6.07, 6.45) is 6.24. The van der Waals surface area contributed by atoms with Gasteiger partial charge >= 0.3 is 0 Å². The summed E-state index contributed by atoms with van der Waals surface area (Å²) in [5.41, 5.74) is 9.22. The first kappa shape index (κ1) is 16.4. The van der Waals surface area contributed by atoms with E-state index < -0.39 is 0 Å². The lowest BCUT2D eigenvalue weighted by Crippen LogP contribution is -2.14. The van der Waals surface area contributed by atoms with Crippen molar-refractivity contribution in [3.63, 3.8) is 0 Å². The van der Waals surface area contributed by atoms with Gasteiger partial charge in [0.2, 0.25) is 0 Å². The van der Waals surface area contributed by atoms with Crippen molar-refractivity contribution in [3.8, 4) is 11.3 Å². The Kier molecular flexibility index (Phi) is 7.02. The Bertz CT molecular complexity index is 491. The van der Waals surface area contributed by atoms with Gasteiger partial charge in [-0.15, -0.1) is 0 Å². The molecule has 0 spiro atoms. The van der Waals surface area contributed by atoms with Gasteiger partial charge in [-0.05, 0) is 18.9 Å². The SMILES string of the molecule is CC.CCCc1ccc(-c2cn([C@H](C)CN)cn2)cc1.[HH]. The average molecular weight is 275 g/mol. The van der Waals surface area contributed by atoms with Crippen molar-refractivity contribution in [2.75, 3.05) is 6.54 Å². The number of imidazole rings is 1. The smallest absolute Gasteiger partial charge is 0.0956 e. The highest BCUT2D eigenvalue weighted by Crippen LogP contribution is 2.19. The highest BCUT2D eigenvalue weighted by Gasteiger charge is 2.06. The molecular weight excluding hydrogens is 246 g/mol. The summed E-state index contributed by atoms with van der Waals surface area (Å²) in [5.74, 6) is 0. The summed E-state index contributed by atoms with van der Waals surface area (Å²) in [5, 5.41) is 0. The van der Waals surface area contributed by atoms with Crippen LogP contribution < -0.4 is 5.73 Å². The largest absolute Gasteiger partial charge is 0.333 e. The van der Waals surface area contributed by atoms with Crippen LogP contribution in [0.4, 0.5) is 0 Å². The second-order valence-electron chi connectivity index (χ2n) is 4.74. The van der Waals surface area contributed by atoms with E-state index in [1.54, 1.807) is 0 Å². The molecule has 1 aromatic heterocycles. The Morgan fingerprint density at radius 2 is 1.90 bits per heavy atom. The van der Waals surface area contributed by atoms with Crippen LogP contribution in [0, 0.1) is 0 Å². The van der Waals surface area contributed by atoms with E-state index in [9.17, 15) is 0 Å². The van der Waals surface area contributed by atoms with Crippen molar-refractivity contribution in [2.24, 2.45) is 5.73 Å². The van der Waals surface area contributed by atoms with E-state index >= 15 is 0 Å². The summed E-state index contributed by atoms with van der Waals surface area (Å²) in [4.78, 5) is 4.44. The summed E-state index contributed by atoms with van der Waals surface area (Å²) < 4.78 is 2.06. The lowest BCUT2D eigenvalue weighted by molar-refractivity contribution is 0.558. The van der Waals surface area contributed by atoms with Crippen LogP contribution in [0.1, 0.15) is 47.1 Å². The number of nitrogens with zero attached hydrogens (tertiary/aromatic N) is 2. The van der Waals surface area contributed by atoms with Crippen molar-refractivity contribution >= 4 is 0 Å². The molecule has 0 amide bonds. The van der Waals surface area contributed by atoms with Gasteiger partial charge < -0.3 is 10.3 Å². The van der Waals surface area contributed by atoms with Crippen molar-refractivity contribution in [2.45, 2.75) is 46.6 Å². The van der Waals surface area contributed by atoms with Crippen molar-refractivity contribution in [1.29, 1.82) is 0 Å². The van der Waals surface area contributed by atoms with Crippen LogP contribution in [0.15, 0.2) is 36.8 Å². The van der Waals surface area contributed by atoms with Crippen LogP contribution in [0.3, 0.4) is 0 Å². The maximum atomic E-state index is 5.66. The molecule has 0 bridgehead atoms. The third-order valence-electron chi connectivity index (χ3n) is 3.24. The molecule has 0 unspecified atom stereocenters. The van der Waals surface area contributed by atoms with E-state index in [1.165, 1.54) is 12.0 Å². The summed E-state index contributed by atoms with van der Waals surface area (Å²) in [6, 6.07) is 8.95. The lowest BCUT2D eigenvalue weighted by Gasteiger charge is -2.08. The molecule has 0 aliphatic carbocycles. The summed E-state index contributed by atoms with van der Waals surface area (Å²) in [7, 11) is 0. The van der Waals surface area contributed by atoms with Gasteiger partial charge in [0.05, 0.1) is 12.0 Å². The predicted octanol–water partition coefficient (Wildman–Crippen LogP) is 4.29. The Labute approximate surface area is 124 Å². The number of hydrogen-bond donors (Lipinski definition) is 1. The molecule has 1 aromatic carbocycles. The zero-order chi connectivity index (χ0) is 15.0. The van der Waals surface area contributed by atoms with Gasteiger partial charge in [0, 0.05) is 25.8 Å². The van der Waals surface area contributed by atoms with Crippen molar-refractivity contribution in [3.05, 3.63) is 42.4 Å². The fourth-order valence-electron chi connectivity index (χ4n) is 1.98. The Hall–Kier alpha value is -1.61. The minimum absolute atomic E-state index is 0. The van der Waals surface area contributed by atoms with E-state index in [0.717, 1.165) is 17.7 Å². The number of rotatable bonds is 5. The second kappa shape index (κ2) is 8.54. The van der Waals surface area contributed by atoms with Gasteiger partial charge in [-0.1, -0.05) is 51.5 Å². The van der Waals surface area contributed by atoms with Crippen LogP contribution in [0.2, 0.25) is 0 Å². The van der Waals surface area contributed by atoms with E-state index in [0.29, 0.717) is 12.6 Å². The fourth-order valence-corrected chi connectivity index (χ4v) is 1.98. The number of aromatic nitrogens is 2. The Morgan fingerprint density at radius 3 is 2.45 bits per heavy atom. The number of benzene rings is 1. The van der Waals surface area contributed by atoms with Crippen LogP contribution in [-0.2, 0) is 6.42 Å². The molecule has 0 aliphatic rings. The molecule has 2 rings (SSSR count). The third kappa shape index (κ3) is 4.20. The Morgan fingerprint density at radius 1 is 1.25 bits per heavy atom. The molecule has 0 fully saturated rings. The molecule has 0 saturated carbocycles. The topological polar surface area (TPSA) is 43.8 Å². The summed E-state index contributed by atoms with van der Waals surface area (Å²) in [6.45, 7) is 8.92. The predicted molar refractivity (Wildman–Crippen MR) is 88.9 cm³/mol. The van der Waals surface area contributed by atoms with Crippen LogP contribution in [0.25, 0.3) is 11.3 Å². The first-order valence-corrected chi connectivity index (χ1v) is 7.57. The maximum Gasteiger partial charge on any atom is 0.0956 e. The monoisotopic (exact) mass is 275 g/mol. The fraction of sp³-hybridized carbons (Fsp3) is 0.471. The van der Waals surface area contributed by atoms with Crippen LogP contribution in [0.5, 0.6) is 0 Å². The standard InChI is InChI=1S/C15H21N3.C2H6.H2/c1-3-4-13-5-7-14(8-6-13)15-10-18(11-17-15)12(2)9-16;1-2;/h5-8,10-12H,3-4,9,16H2,1-2H3;1-2H3;1H/t12-;;/m1../s1. The molecule has 3 nitrogen and oxygen atoms in total. The van der Waals surface area contributed by atoms with Crippen LogP contribution in [-0.4, -0.2) is 16.1 Å². The molecule has 2 aromatic rings. The average Bonchev–Trinajstić information content (AvgIpc) is 2.99. The normalized spacial score (nSPS) is 11.7. The van der Waals surface area contributed by atoms with E-state index in [4.69, 9.17) is 5.73 Å². The van der Waals surface area contributed by atoms with Gasteiger partial charge in [0.25, 0.3) is 0 Å². The molecule has 2 N–H and O–H groups in total.